The van der Waals surface area contributed by atoms with Crippen LogP contribution in [-0.4, -0.2) is 77.8 Å². The lowest BCUT2D eigenvalue weighted by atomic mass is 9.82. The number of nitrogens with one attached hydrogen (secondary N) is 2. The highest BCUT2D eigenvalue weighted by Gasteiger charge is 2.47. The summed E-state index contributed by atoms with van der Waals surface area (Å²) < 4.78 is 35.9. The molecule has 0 unspecified atom stereocenters. The van der Waals surface area contributed by atoms with Crippen LogP contribution in [0.15, 0.2) is 55.0 Å². The molecule has 8 rings (SSSR count). The number of likely N-dealkylation sites (tertiary alicyclic amines) is 1. The Morgan fingerprint density at radius 1 is 1.09 bits per heavy atom. The number of halogens is 2. The van der Waals surface area contributed by atoms with Crippen molar-refractivity contribution in [3.63, 3.8) is 0 Å². The largest absolute Gasteiger partial charge is 0.386 e. The third-order valence-electron chi connectivity index (χ3n) is 12.0. The van der Waals surface area contributed by atoms with Crippen molar-refractivity contribution in [3.8, 4) is 6.07 Å². The fourth-order valence-corrected chi connectivity index (χ4v) is 9.10. The summed E-state index contributed by atoms with van der Waals surface area (Å²) in [6.45, 7) is 4.08. The summed E-state index contributed by atoms with van der Waals surface area (Å²) in [5.41, 5.74) is 2.46. The average Bonchev–Trinajstić information content (AvgIpc) is 3.74. The molecule has 1 saturated carbocycles. The van der Waals surface area contributed by atoms with Crippen molar-refractivity contribution in [1.82, 2.24) is 34.8 Å². The fraction of sp³-hybridized carbons (Fsp3) is 0.452. The lowest BCUT2D eigenvalue weighted by Crippen LogP contribution is -2.49. The predicted molar refractivity (Wildman–Crippen MR) is 207 cm³/mol. The number of aromatic nitrogens is 5. The number of carbonyl (C=O) groups is 3. The number of para-hydroxylation sites is 1. The quantitative estimate of drug-likeness (QED) is 0.159. The van der Waals surface area contributed by atoms with E-state index in [1.807, 2.05) is 27.9 Å². The zero-order valence-corrected chi connectivity index (χ0v) is 32.1. The van der Waals surface area contributed by atoms with E-state index in [-0.39, 0.29) is 42.0 Å². The molecule has 5 aromatic rings. The summed E-state index contributed by atoms with van der Waals surface area (Å²) in [5.74, 6) is -5.48. The molecule has 0 bridgehead atoms. The van der Waals surface area contributed by atoms with E-state index in [9.17, 15) is 24.8 Å². The topological polar surface area (TPSA) is 171 Å². The van der Waals surface area contributed by atoms with Crippen LogP contribution >= 0.6 is 0 Å². The number of rotatable bonds is 8. The molecule has 3 N–H and O–H groups in total. The maximum Gasteiger partial charge on any atom is 0.267 e. The van der Waals surface area contributed by atoms with Gasteiger partial charge in [-0.3, -0.25) is 38.9 Å². The van der Waals surface area contributed by atoms with Crippen molar-refractivity contribution in [1.29, 1.82) is 5.26 Å². The van der Waals surface area contributed by atoms with Gasteiger partial charge in [-0.2, -0.15) is 15.5 Å². The van der Waals surface area contributed by atoms with Crippen LogP contribution in [0.2, 0.25) is 0 Å². The third-order valence-corrected chi connectivity index (χ3v) is 12.0. The lowest BCUT2D eigenvalue weighted by molar-refractivity contribution is -0.134. The molecule has 3 amide bonds. The summed E-state index contributed by atoms with van der Waals surface area (Å²) in [7, 11) is 1.72. The van der Waals surface area contributed by atoms with Crippen molar-refractivity contribution in [2.45, 2.75) is 88.2 Å². The van der Waals surface area contributed by atoms with Crippen LogP contribution in [0.1, 0.15) is 109 Å². The van der Waals surface area contributed by atoms with Crippen LogP contribution in [0, 0.1) is 17.2 Å². The molecule has 13 nitrogen and oxygen atoms in total. The number of piperidine rings is 2. The molecule has 1 aliphatic carbocycles. The fourth-order valence-electron chi connectivity index (χ4n) is 9.10. The molecule has 3 fully saturated rings. The number of aliphatic hydroxyl groups is 1. The summed E-state index contributed by atoms with van der Waals surface area (Å²) in [6.07, 6.45) is 8.97. The second-order valence-corrected chi connectivity index (χ2v) is 16.4. The number of benzene rings is 2. The number of anilines is 1. The molecule has 0 spiro atoms. The number of amides is 3. The van der Waals surface area contributed by atoms with Gasteiger partial charge in [-0.15, -0.1) is 0 Å². The van der Waals surface area contributed by atoms with E-state index in [0.717, 1.165) is 31.1 Å². The Morgan fingerprint density at radius 3 is 2.60 bits per heavy atom. The summed E-state index contributed by atoms with van der Waals surface area (Å²) in [6, 6.07) is 12.5. The van der Waals surface area contributed by atoms with Gasteiger partial charge in [0.25, 0.3) is 11.8 Å². The van der Waals surface area contributed by atoms with Crippen LogP contribution in [0.4, 0.5) is 14.5 Å². The number of alkyl halides is 2. The number of hydrogen-bond donors (Lipinski definition) is 3. The van der Waals surface area contributed by atoms with Crippen LogP contribution in [0.5, 0.6) is 0 Å². The van der Waals surface area contributed by atoms with E-state index in [2.05, 4.69) is 20.7 Å². The zero-order chi connectivity index (χ0) is 40.2. The molecule has 2 aromatic carbocycles. The lowest BCUT2D eigenvalue weighted by Gasteiger charge is -2.41. The van der Waals surface area contributed by atoms with Crippen LogP contribution < -0.4 is 10.6 Å². The molecular weight excluding hydrogens is 733 g/mol. The second kappa shape index (κ2) is 14.7. The molecular formula is C42H45F2N9O4. The second-order valence-electron chi connectivity index (χ2n) is 16.4. The van der Waals surface area contributed by atoms with Gasteiger partial charge in [-0.05, 0) is 88.6 Å². The number of hydrogen-bond acceptors (Lipinski definition) is 9. The number of pyridine rings is 1. The van der Waals surface area contributed by atoms with Gasteiger partial charge in [0.2, 0.25) is 11.8 Å². The van der Waals surface area contributed by atoms with Gasteiger partial charge < -0.3 is 10.4 Å². The standard InChI is InChI=1S/C42H45F2N9O4/c1-41(2,57)33-17-34-27(16-35(33)47-39(55)26-15-25(18-45)19-46-20-26)22-53(49-34)28-9-7-24(8-10-28)21-52-14-13-32(42(43,44)23-52)29-5-4-6-30-37(50-51(3)38(29)30)31-11-12-36(54)48-40(31)56/h4-6,15-17,19-20,22,24,28,31-32,57H,7-14,21,23H2,1-3H3,(H,47,55)(H,48,54,56)/t24?,28?,31-,32-/m0/s1. The van der Waals surface area contributed by atoms with E-state index >= 15 is 8.78 Å². The Morgan fingerprint density at radius 2 is 1.88 bits per heavy atom. The van der Waals surface area contributed by atoms with Crippen LogP contribution in [0.3, 0.4) is 0 Å². The van der Waals surface area contributed by atoms with E-state index in [1.54, 1.807) is 49.8 Å². The van der Waals surface area contributed by atoms with Crippen molar-refractivity contribution in [3.05, 3.63) is 82.9 Å². The van der Waals surface area contributed by atoms with Gasteiger partial charge in [0, 0.05) is 60.6 Å². The molecule has 2 aliphatic heterocycles. The minimum Gasteiger partial charge on any atom is -0.386 e. The Balaban J connectivity index is 0.918. The molecule has 3 aromatic heterocycles. The van der Waals surface area contributed by atoms with Crippen molar-refractivity contribution in [2.75, 3.05) is 25.0 Å². The smallest absolute Gasteiger partial charge is 0.267 e. The number of nitriles is 1. The van der Waals surface area contributed by atoms with Crippen molar-refractivity contribution < 1.29 is 28.3 Å². The van der Waals surface area contributed by atoms with E-state index < -0.39 is 35.2 Å². The van der Waals surface area contributed by atoms with Gasteiger partial charge in [-0.25, -0.2) is 8.78 Å². The highest BCUT2D eigenvalue weighted by molar-refractivity contribution is 6.06. The van der Waals surface area contributed by atoms with Gasteiger partial charge in [0.1, 0.15) is 6.07 Å². The molecule has 2 saturated heterocycles. The first-order valence-electron chi connectivity index (χ1n) is 19.5. The van der Waals surface area contributed by atoms with Crippen molar-refractivity contribution in [2.24, 2.45) is 13.0 Å². The van der Waals surface area contributed by atoms with Gasteiger partial charge >= 0.3 is 0 Å². The Bertz CT molecular complexity index is 2440. The minimum atomic E-state index is -2.98. The zero-order valence-electron chi connectivity index (χ0n) is 32.1. The summed E-state index contributed by atoms with van der Waals surface area (Å²) in [4.78, 5) is 43.4. The molecule has 5 heterocycles. The van der Waals surface area contributed by atoms with Gasteiger partial charge in [0.15, 0.2) is 0 Å². The molecule has 3 aliphatic rings. The predicted octanol–water partition coefficient (Wildman–Crippen LogP) is 6.05. The Labute approximate surface area is 328 Å². The van der Waals surface area contributed by atoms with Crippen LogP contribution in [-0.2, 0) is 22.2 Å². The number of aryl methyl sites for hydroxylation is 1. The molecule has 296 valence electrons. The number of fused-ring (bicyclic) bond motifs is 2. The normalized spacial score (nSPS) is 23.0. The van der Waals surface area contributed by atoms with E-state index in [4.69, 9.17) is 5.10 Å². The molecule has 15 heteroatoms. The first kappa shape index (κ1) is 38.3. The highest BCUT2D eigenvalue weighted by atomic mass is 19.3. The van der Waals surface area contributed by atoms with E-state index in [1.165, 1.54) is 18.5 Å². The van der Waals surface area contributed by atoms with Crippen LogP contribution in [0.25, 0.3) is 21.8 Å². The maximum absolute atomic E-state index is 16.1. The van der Waals surface area contributed by atoms with Crippen molar-refractivity contribution >= 4 is 45.2 Å². The highest BCUT2D eigenvalue weighted by Crippen LogP contribution is 2.45. The summed E-state index contributed by atoms with van der Waals surface area (Å²) >= 11 is 0. The first-order valence-corrected chi connectivity index (χ1v) is 19.5. The van der Waals surface area contributed by atoms with Gasteiger partial charge in [0.05, 0.1) is 57.9 Å². The number of carbonyl (C=O) groups excluding carboxylic acids is 3. The Kier molecular flexibility index (Phi) is 9.89. The van der Waals surface area contributed by atoms with Gasteiger partial charge in [-0.1, -0.05) is 18.2 Å². The minimum absolute atomic E-state index is 0.119. The monoisotopic (exact) mass is 777 g/mol. The SMILES string of the molecule is Cn1nc([C@@H]2CCC(=O)NC2=O)c2cccc([C@@H]3CCN(CC4CCC(n5cc6cc(NC(=O)c7cncc(C#N)c7)c(C(C)(C)O)cc6n5)CC4)CC3(F)F)c21. The van der Waals surface area contributed by atoms with E-state index in [0.29, 0.717) is 64.9 Å². The number of nitrogens with zero attached hydrogens (tertiary/aromatic N) is 7. The maximum atomic E-state index is 16.1. The average molecular weight is 778 g/mol. The summed E-state index contributed by atoms with van der Waals surface area (Å²) in [5, 5.41) is 36.5. The number of imide groups is 1. The molecule has 0 radical (unpaired) electrons. The first-order chi connectivity index (χ1) is 27.2. The Hall–Kier alpha value is -5.59. The third kappa shape index (κ3) is 7.51. The molecule has 2 atom stereocenters. The molecule has 57 heavy (non-hydrogen) atoms.